The highest BCUT2D eigenvalue weighted by molar-refractivity contribution is 5.94. The number of hydrogen-bond donors (Lipinski definition) is 2. The summed E-state index contributed by atoms with van der Waals surface area (Å²) in [6.07, 6.45) is 0.745. The van der Waals surface area contributed by atoms with Crippen molar-refractivity contribution in [3.8, 4) is 0 Å². The first-order chi connectivity index (χ1) is 10.0. The smallest absolute Gasteiger partial charge is 0.251 e. The molecular formula is C16H16F2N2O. The third-order valence-electron chi connectivity index (χ3n) is 3.25. The average molecular weight is 290 g/mol. The number of carbonyl (C=O) groups is 1. The fourth-order valence-corrected chi connectivity index (χ4v) is 2.12. The van der Waals surface area contributed by atoms with E-state index in [4.69, 9.17) is 5.73 Å². The van der Waals surface area contributed by atoms with Gasteiger partial charge in [-0.3, -0.25) is 4.79 Å². The molecule has 1 amide bonds. The van der Waals surface area contributed by atoms with Gasteiger partial charge in [-0.25, -0.2) is 8.78 Å². The predicted molar refractivity (Wildman–Crippen MR) is 78.0 cm³/mol. The molecule has 2 aromatic carbocycles. The summed E-state index contributed by atoms with van der Waals surface area (Å²) in [6.45, 7) is 1.97. The summed E-state index contributed by atoms with van der Waals surface area (Å²) in [5.41, 5.74) is 6.46. The lowest BCUT2D eigenvalue weighted by molar-refractivity contribution is 0.0996. The van der Waals surface area contributed by atoms with Crippen LogP contribution in [0, 0.1) is 11.6 Å². The van der Waals surface area contributed by atoms with E-state index in [-0.39, 0.29) is 17.4 Å². The lowest BCUT2D eigenvalue weighted by Gasteiger charge is -2.19. The molecular weight excluding hydrogens is 274 g/mol. The van der Waals surface area contributed by atoms with Crippen LogP contribution in [0.25, 0.3) is 0 Å². The number of halogens is 2. The molecule has 5 heteroatoms. The van der Waals surface area contributed by atoms with Gasteiger partial charge in [-0.15, -0.1) is 0 Å². The van der Waals surface area contributed by atoms with E-state index >= 15 is 0 Å². The Kier molecular flexibility index (Phi) is 4.52. The van der Waals surface area contributed by atoms with Crippen molar-refractivity contribution >= 4 is 11.6 Å². The molecule has 0 aliphatic heterocycles. The first-order valence-corrected chi connectivity index (χ1v) is 6.62. The standard InChI is InChI=1S/C16H16F2N2O/c1-2-15(10-3-5-11(17)6-4-10)20-12-7-8-14(18)13(9-12)16(19)21/h3-9,15,20H,2H2,1H3,(H2,19,21). The Morgan fingerprint density at radius 2 is 1.86 bits per heavy atom. The fraction of sp³-hybridized carbons (Fsp3) is 0.188. The summed E-state index contributed by atoms with van der Waals surface area (Å²) in [6, 6.07) is 10.2. The molecule has 0 heterocycles. The second-order valence-electron chi connectivity index (χ2n) is 4.72. The van der Waals surface area contributed by atoms with E-state index in [0.29, 0.717) is 5.69 Å². The topological polar surface area (TPSA) is 55.1 Å². The minimum Gasteiger partial charge on any atom is -0.378 e. The Bertz CT molecular complexity index is 641. The summed E-state index contributed by atoms with van der Waals surface area (Å²) >= 11 is 0. The molecule has 2 rings (SSSR count). The Balaban J connectivity index is 2.24. The Morgan fingerprint density at radius 3 is 2.43 bits per heavy atom. The maximum absolute atomic E-state index is 13.4. The van der Waals surface area contributed by atoms with E-state index in [9.17, 15) is 13.6 Å². The summed E-state index contributed by atoms with van der Waals surface area (Å²) in [5.74, 6) is -1.76. The van der Waals surface area contributed by atoms with Crippen molar-refractivity contribution in [2.75, 3.05) is 5.32 Å². The lowest BCUT2D eigenvalue weighted by Crippen LogP contribution is -2.15. The van der Waals surface area contributed by atoms with Crippen molar-refractivity contribution in [2.45, 2.75) is 19.4 Å². The van der Waals surface area contributed by atoms with Crippen LogP contribution in [0.5, 0.6) is 0 Å². The molecule has 0 fully saturated rings. The highest BCUT2D eigenvalue weighted by Gasteiger charge is 2.13. The fourth-order valence-electron chi connectivity index (χ4n) is 2.12. The van der Waals surface area contributed by atoms with Gasteiger partial charge in [-0.1, -0.05) is 19.1 Å². The zero-order chi connectivity index (χ0) is 15.4. The van der Waals surface area contributed by atoms with Gasteiger partial charge in [0.05, 0.1) is 11.6 Å². The third kappa shape index (κ3) is 3.56. The number of anilines is 1. The second kappa shape index (κ2) is 6.35. The van der Waals surface area contributed by atoms with E-state index < -0.39 is 11.7 Å². The number of primary amides is 1. The van der Waals surface area contributed by atoms with Crippen molar-refractivity contribution in [1.82, 2.24) is 0 Å². The van der Waals surface area contributed by atoms with Crippen molar-refractivity contribution in [1.29, 1.82) is 0 Å². The van der Waals surface area contributed by atoms with Crippen LogP contribution in [0.4, 0.5) is 14.5 Å². The molecule has 1 atom stereocenters. The van der Waals surface area contributed by atoms with Crippen LogP contribution in [0.15, 0.2) is 42.5 Å². The van der Waals surface area contributed by atoms with Crippen molar-refractivity contribution < 1.29 is 13.6 Å². The first-order valence-electron chi connectivity index (χ1n) is 6.62. The van der Waals surface area contributed by atoms with Crippen LogP contribution in [0.1, 0.15) is 35.3 Å². The molecule has 3 nitrogen and oxygen atoms in total. The number of nitrogens with two attached hydrogens (primary N) is 1. The van der Waals surface area contributed by atoms with Gasteiger partial charge in [-0.05, 0) is 42.3 Å². The summed E-state index contributed by atoms with van der Waals surface area (Å²) in [5, 5.41) is 3.19. The minimum absolute atomic E-state index is 0.0724. The molecule has 3 N–H and O–H groups in total. The van der Waals surface area contributed by atoms with E-state index in [2.05, 4.69) is 5.32 Å². The van der Waals surface area contributed by atoms with Crippen molar-refractivity contribution in [2.24, 2.45) is 5.73 Å². The van der Waals surface area contributed by atoms with E-state index in [1.165, 1.54) is 30.3 Å². The van der Waals surface area contributed by atoms with Crippen LogP contribution >= 0.6 is 0 Å². The quantitative estimate of drug-likeness (QED) is 0.883. The van der Waals surface area contributed by atoms with Crippen LogP contribution in [0.2, 0.25) is 0 Å². The number of amides is 1. The molecule has 0 radical (unpaired) electrons. The third-order valence-corrected chi connectivity index (χ3v) is 3.25. The lowest BCUT2D eigenvalue weighted by atomic mass is 10.0. The van der Waals surface area contributed by atoms with Gasteiger partial charge in [0, 0.05) is 5.69 Å². The summed E-state index contributed by atoms with van der Waals surface area (Å²) in [4.78, 5) is 11.1. The molecule has 21 heavy (non-hydrogen) atoms. The van der Waals surface area contributed by atoms with Gasteiger partial charge in [0.15, 0.2) is 0 Å². The summed E-state index contributed by atoms with van der Waals surface area (Å²) < 4.78 is 26.4. The van der Waals surface area contributed by atoms with E-state index in [0.717, 1.165) is 12.0 Å². The number of benzene rings is 2. The average Bonchev–Trinajstić information content (AvgIpc) is 2.47. The minimum atomic E-state index is -0.814. The molecule has 0 saturated heterocycles. The molecule has 0 aromatic heterocycles. The molecule has 0 bridgehead atoms. The molecule has 1 unspecified atom stereocenters. The highest BCUT2D eigenvalue weighted by atomic mass is 19.1. The van der Waals surface area contributed by atoms with Gasteiger partial charge in [0.1, 0.15) is 11.6 Å². The highest BCUT2D eigenvalue weighted by Crippen LogP contribution is 2.24. The molecule has 0 aliphatic carbocycles. The molecule has 0 saturated carbocycles. The number of hydrogen-bond acceptors (Lipinski definition) is 2. The molecule has 2 aromatic rings. The van der Waals surface area contributed by atoms with Gasteiger partial charge < -0.3 is 11.1 Å². The van der Waals surface area contributed by atoms with Crippen LogP contribution < -0.4 is 11.1 Å². The largest absolute Gasteiger partial charge is 0.378 e. The first kappa shape index (κ1) is 15.0. The van der Waals surface area contributed by atoms with Gasteiger partial charge in [0.25, 0.3) is 5.91 Å². The molecule has 110 valence electrons. The van der Waals surface area contributed by atoms with Gasteiger partial charge in [0.2, 0.25) is 0 Å². The van der Waals surface area contributed by atoms with E-state index in [1.54, 1.807) is 12.1 Å². The normalized spacial score (nSPS) is 12.0. The predicted octanol–water partition coefficient (Wildman–Crippen LogP) is 3.63. The van der Waals surface area contributed by atoms with Crippen LogP contribution in [0.3, 0.4) is 0 Å². The summed E-state index contributed by atoms with van der Waals surface area (Å²) in [7, 11) is 0. The SMILES string of the molecule is CCC(Nc1ccc(F)c(C(N)=O)c1)c1ccc(F)cc1. The maximum atomic E-state index is 13.4. The van der Waals surface area contributed by atoms with Gasteiger partial charge in [-0.2, -0.15) is 0 Å². The van der Waals surface area contributed by atoms with Crippen LogP contribution in [-0.4, -0.2) is 5.91 Å². The van der Waals surface area contributed by atoms with Crippen molar-refractivity contribution in [3.63, 3.8) is 0 Å². The van der Waals surface area contributed by atoms with Crippen molar-refractivity contribution in [3.05, 3.63) is 65.2 Å². The number of nitrogens with one attached hydrogen (secondary N) is 1. The Hall–Kier alpha value is -2.43. The second-order valence-corrected chi connectivity index (χ2v) is 4.72. The Morgan fingerprint density at radius 1 is 1.19 bits per heavy atom. The van der Waals surface area contributed by atoms with Crippen LogP contribution in [-0.2, 0) is 0 Å². The van der Waals surface area contributed by atoms with Gasteiger partial charge >= 0.3 is 0 Å². The monoisotopic (exact) mass is 290 g/mol. The van der Waals surface area contributed by atoms with E-state index in [1.807, 2.05) is 6.92 Å². The molecule has 0 spiro atoms. The molecule has 0 aliphatic rings. The Labute approximate surface area is 121 Å². The number of carbonyl (C=O) groups excluding carboxylic acids is 1. The maximum Gasteiger partial charge on any atom is 0.251 e. The zero-order valence-corrected chi connectivity index (χ0v) is 11.6. The number of rotatable bonds is 5. The zero-order valence-electron chi connectivity index (χ0n) is 11.6.